The number of hydrogen-bond acceptors (Lipinski definition) is 3. The van der Waals surface area contributed by atoms with Gasteiger partial charge >= 0.3 is 0 Å². The van der Waals surface area contributed by atoms with Gasteiger partial charge in [0.15, 0.2) is 0 Å². The Kier molecular flexibility index (Phi) is 9.28. The quantitative estimate of drug-likeness (QED) is 0.495. The second-order valence-corrected chi connectivity index (χ2v) is 9.03. The molecule has 6 nitrogen and oxygen atoms in total. The van der Waals surface area contributed by atoms with Crippen LogP contribution >= 0.6 is 0 Å². The van der Waals surface area contributed by atoms with E-state index in [9.17, 15) is 9.59 Å². The molecule has 2 aromatic rings. The second-order valence-electron chi connectivity index (χ2n) is 9.03. The van der Waals surface area contributed by atoms with Crippen LogP contribution in [-0.2, 0) is 15.0 Å². The Balaban J connectivity index is 2.06. The van der Waals surface area contributed by atoms with Gasteiger partial charge in [-0.05, 0) is 25.5 Å². The highest BCUT2D eigenvalue weighted by atomic mass is 16.2. The monoisotopic (exact) mass is 426 g/mol. The maximum Gasteiger partial charge on any atom is 0.245 e. The minimum absolute atomic E-state index is 0.0427. The zero-order valence-corrected chi connectivity index (χ0v) is 19.8. The molecule has 2 amide bonds. The number of benzene rings is 1. The van der Waals surface area contributed by atoms with Crippen molar-refractivity contribution in [2.45, 2.75) is 78.6 Å². The van der Waals surface area contributed by atoms with Gasteiger partial charge in [-0.1, -0.05) is 71.6 Å². The highest BCUT2D eigenvalue weighted by Gasteiger charge is 2.22. The summed E-state index contributed by atoms with van der Waals surface area (Å²) in [6.07, 6.45) is 6.00. The Morgan fingerprint density at radius 1 is 1.03 bits per heavy atom. The van der Waals surface area contributed by atoms with E-state index in [1.165, 1.54) is 12.8 Å². The lowest BCUT2D eigenvalue weighted by Gasteiger charge is -2.20. The largest absolute Gasteiger partial charge is 0.334 e. The lowest BCUT2D eigenvalue weighted by atomic mass is 9.92. The molecule has 6 heteroatoms. The van der Waals surface area contributed by atoms with Crippen LogP contribution in [0.3, 0.4) is 0 Å². The predicted octanol–water partition coefficient (Wildman–Crippen LogP) is 5.32. The first kappa shape index (κ1) is 24.6. The molecule has 0 saturated carbocycles. The Bertz CT molecular complexity index is 837. The number of amides is 2. The van der Waals surface area contributed by atoms with E-state index in [0.29, 0.717) is 18.8 Å². The SMILES string of the molecule is CCCCCCCC(=O)N(CC)CC(=O)Nc1cc(C(C)(C)C)nn1-c1ccccc1. The van der Waals surface area contributed by atoms with E-state index in [4.69, 9.17) is 5.10 Å². The first-order valence-electron chi connectivity index (χ1n) is 11.5. The molecular weight excluding hydrogens is 388 g/mol. The third-order valence-corrected chi connectivity index (χ3v) is 5.31. The van der Waals surface area contributed by atoms with Crippen LogP contribution in [0.1, 0.15) is 78.8 Å². The van der Waals surface area contributed by atoms with Crippen LogP contribution in [0.25, 0.3) is 5.69 Å². The van der Waals surface area contributed by atoms with Crippen molar-refractivity contribution in [1.29, 1.82) is 0 Å². The molecule has 0 bridgehead atoms. The summed E-state index contributed by atoms with van der Waals surface area (Å²) in [5.74, 6) is 0.448. The van der Waals surface area contributed by atoms with Crippen LogP contribution in [0.5, 0.6) is 0 Å². The standard InChI is InChI=1S/C25H38N4O2/c1-6-8-9-10-14-17-24(31)28(7-2)19-23(30)26-22-18-21(25(3,4)5)27-29(22)20-15-12-11-13-16-20/h11-13,15-16,18H,6-10,14,17,19H2,1-5H3,(H,26,30). The fourth-order valence-electron chi connectivity index (χ4n) is 3.37. The summed E-state index contributed by atoms with van der Waals surface area (Å²) in [6, 6.07) is 11.7. The molecule has 31 heavy (non-hydrogen) atoms. The molecule has 0 aliphatic heterocycles. The Hall–Kier alpha value is -2.63. The molecule has 1 aromatic heterocycles. The number of nitrogens with one attached hydrogen (secondary N) is 1. The highest BCUT2D eigenvalue weighted by molar-refractivity contribution is 5.94. The van der Waals surface area contributed by atoms with Crippen LogP contribution in [0.15, 0.2) is 36.4 Å². The van der Waals surface area contributed by atoms with Gasteiger partial charge < -0.3 is 10.2 Å². The van der Waals surface area contributed by atoms with E-state index < -0.39 is 0 Å². The van der Waals surface area contributed by atoms with Gasteiger partial charge in [0, 0.05) is 24.4 Å². The molecule has 0 unspecified atom stereocenters. The number of nitrogens with zero attached hydrogens (tertiary/aromatic N) is 3. The Labute approximate surface area is 187 Å². The molecule has 0 aliphatic carbocycles. The third-order valence-electron chi connectivity index (χ3n) is 5.31. The van der Waals surface area contributed by atoms with E-state index >= 15 is 0 Å². The summed E-state index contributed by atoms with van der Waals surface area (Å²) in [6.45, 7) is 10.9. The first-order chi connectivity index (χ1) is 14.8. The topological polar surface area (TPSA) is 67.2 Å². The van der Waals surface area contributed by atoms with Crippen molar-refractivity contribution in [2.24, 2.45) is 0 Å². The van der Waals surface area contributed by atoms with Gasteiger partial charge in [-0.3, -0.25) is 9.59 Å². The van der Waals surface area contributed by atoms with Crippen molar-refractivity contribution >= 4 is 17.6 Å². The zero-order valence-electron chi connectivity index (χ0n) is 19.8. The van der Waals surface area contributed by atoms with Crippen molar-refractivity contribution in [3.05, 3.63) is 42.1 Å². The van der Waals surface area contributed by atoms with Crippen LogP contribution in [0.4, 0.5) is 5.82 Å². The number of para-hydroxylation sites is 1. The van der Waals surface area contributed by atoms with Crippen molar-refractivity contribution in [1.82, 2.24) is 14.7 Å². The Morgan fingerprint density at radius 3 is 2.32 bits per heavy atom. The fraction of sp³-hybridized carbons (Fsp3) is 0.560. The van der Waals surface area contributed by atoms with Crippen LogP contribution in [0.2, 0.25) is 0 Å². The number of aromatic nitrogens is 2. The summed E-state index contributed by atoms with van der Waals surface area (Å²) in [7, 11) is 0. The second kappa shape index (κ2) is 11.7. The summed E-state index contributed by atoms with van der Waals surface area (Å²) >= 11 is 0. The first-order valence-corrected chi connectivity index (χ1v) is 11.5. The van der Waals surface area contributed by atoms with Crippen molar-refractivity contribution in [3.8, 4) is 5.69 Å². The van der Waals surface area contributed by atoms with Gasteiger partial charge in [0.25, 0.3) is 0 Å². The smallest absolute Gasteiger partial charge is 0.245 e. The normalized spacial score (nSPS) is 11.4. The molecule has 0 fully saturated rings. The fourth-order valence-corrected chi connectivity index (χ4v) is 3.37. The number of likely N-dealkylation sites (N-methyl/N-ethyl adjacent to an activating group) is 1. The molecule has 0 atom stereocenters. The maximum absolute atomic E-state index is 12.8. The minimum atomic E-state index is -0.210. The van der Waals surface area contributed by atoms with Gasteiger partial charge in [-0.15, -0.1) is 0 Å². The lowest BCUT2D eigenvalue weighted by Crippen LogP contribution is -2.38. The molecule has 1 heterocycles. The maximum atomic E-state index is 12.8. The predicted molar refractivity (Wildman–Crippen MR) is 127 cm³/mol. The molecule has 0 saturated heterocycles. The molecule has 1 N–H and O–H groups in total. The van der Waals surface area contributed by atoms with E-state index in [1.54, 1.807) is 9.58 Å². The number of hydrogen-bond donors (Lipinski definition) is 1. The van der Waals surface area contributed by atoms with Gasteiger partial charge in [0.05, 0.1) is 17.9 Å². The summed E-state index contributed by atoms with van der Waals surface area (Å²) in [5.41, 5.74) is 1.62. The van der Waals surface area contributed by atoms with Gasteiger partial charge in [0.2, 0.25) is 11.8 Å². The molecule has 1 aromatic carbocycles. The molecule has 170 valence electrons. The van der Waals surface area contributed by atoms with E-state index in [1.807, 2.05) is 43.3 Å². The number of carbonyl (C=O) groups is 2. The van der Waals surface area contributed by atoms with E-state index in [0.717, 1.165) is 30.6 Å². The zero-order chi connectivity index (χ0) is 22.9. The summed E-state index contributed by atoms with van der Waals surface area (Å²) in [5, 5.41) is 7.70. The van der Waals surface area contributed by atoms with Crippen LogP contribution in [-0.4, -0.2) is 39.6 Å². The van der Waals surface area contributed by atoms with E-state index in [2.05, 4.69) is 33.0 Å². The van der Waals surface area contributed by atoms with Crippen molar-refractivity contribution < 1.29 is 9.59 Å². The Morgan fingerprint density at radius 2 is 1.71 bits per heavy atom. The molecule has 0 spiro atoms. The summed E-state index contributed by atoms with van der Waals surface area (Å²) < 4.78 is 1.75. The van der Waals surface area contributed by atoms with E-state index in [-0.39, 0.29) is 23.8 Å². The molecule has 0 aliphatic rings. The van der Waals surface area contributed by atoms with Crippen LogP contribution in [0, 0.1) is 0 Å². The number of carbonyl (C=O) groups excluding carboxylic acids is 2. The van der Waals surface area contributed by atoms with Gasteiger partial charge in [0.1, 0.15) is 5.82 Å². The molecular formula is C25H38N4O2. The van der Waals surface area contributed by atoms with Gasteiger partial charge in [-0.2, -0.15) is 5.10 Å². The minimum Gasteiger partial charge on any atom is -0.334 e. The number of rotatable bonds is 11. The molecule has 0 radical (unpaired) electrons. The summed E-state index contributed by atoms with van der Waals surface area (Å²) in [4.78, 5) is 27.0. The van der Waals surface area contributed by atoms with Gasteiger partial charge in [-0.25, -0.2) is 4.68 Å². The lowest BCUT2D eigenvalue weighted by molar-refractivity contribution is -0.134. The average Bonchev–Trinajstić information content (AvgIpc) is 3.16. The average molecular weight is 427 g/mol. The van der Waals surface area contributed by atoms with Crippen LogP contribution < -0.4 is 5.32 Å². The third kappa shape index (κ3) is 7.53. The number of anilines is 1. The highest BCUT2D eigenvalue weighted by Crippen LogP contribution is 2.26. The number of unbranched alkanes of at least 4 members (excludes halogenated alkanes) is 4. The van der Waals surface area contributed by atoms with Crippen molar-refractivity contribution in [3.63, 3.8) is 0 Å². The van der Waals surface area contributed by atoms with Crippen molar-refractivity contribution in [2.75, 3.05) is 18.4 Å². The molecule has 2 rings (SSSR count).